The summed E-state index contributed by atoms with van der Waals surface area (Å²) in [4.78, 5) is 10.8. The molecular weight excluding hydrogens is 442 g/mol. The van der Waals surface area contributed by atoms with Crippen LogP contribution in [0.5, 0.6) is 5.75 Å². The molecular formula is C27H29N5OS. The molecule has 7 heteroatoms. The van der Waals surface area contributed by atoms with E-state index < -0.39 is 0 Å². The Bertz CT molecular complexity index is 1410. The van der Waals surface area contributed by atoms with Crippen molar-refractivity contribution in [2.75, 3.05) is 5.73 Å². The molecule has 6 rings (SSSR count). The molecule has 2 N–H and O–H groups in total. The fraction of sp³-hybridized carbons (Fsp3) is 0.370. The van der Waals surface area contributed by atoms with Crippen molar-refractivity contribution >= 4 is 17.2 Å². The number of pyridine rings is 1. The Morgan fingerprint density at radius 3 is 2.79 bits per heavy atom. The number of nitrogens with two attached hydrogens (primary N) is 1. The summed E-state index contributed by atoms with van der Waals surface area (Å²) in [5.74, 6) is 1.72. The van der Waals surface area contributed by atoms with Crippen LogP contribution >= 0.6 is 11.3 Å². The van der Waals surface area contributed by atoms with Crippen molar-refractivity contribution in [2.45, 2.75) is 59.6 Å². The molecule has 0 spiro atoms. The van der Waals surface area contributed by atoms with Crippen molar-refractivity contribution in [2.24, 2.45) is 5.92 Å². The summed E-state index contributed by atoms with van der Waals surface area (Å²) in [5.41, 5.74) is 15.2. The highest BCUT2D eigenvalue weighted by Crippen LogP contribution is 2.41. The molecule has 1 saturated carbocycles. The fourth-order valence-corrected chi connectivity index (χ4v) is 5.92. The summed E-state index contributed by atoms with van der Waals surface area (Å²) in [6, 6.07) is 8.56. The molecule has 34 heavy (non-hydrogen) atoms. The van der Waals surface area contributed by atoms with Crippen LogP contribution in [0.3, 0.4) is 0 Å². The number of hydrogen-bond acceptors (Lipinski definition) is 6. The van der Waals surface area contributed by atoms with E-state index in [1.165, 1.54) is 28.8 Å². The van der Waals surface area contributed by atoms with Crippen LogP contribution in [0.4, 0.5) is 5.82 Å². The zero-order chi connectivity index (χ0) is 23.6. The lowest BCUT2D eigenvalue weighted by Gasteiger charge is -2.21. The summed E-state index contributed by atoms with van der Waals surface area (Å²) < 4.78 is 8.66. The summed E-state index contributed by atoms with van der Waals surface area (Å²) in [7, 11) is 0. The molecule has 4 heterocycles. The Morgan fingerprint density at radius 1 is 1.18 bits per heavy atom. The number of anilines is 1. The topological polar surface area (TPSA) is 78.9 Å². The van der Waals surface area contributed by atoms with Crippen molar-refractivity contribution in [3.05, 3.63) is 62.7 Å². The van der Waals surface area contributed by atoms with Gasteiger partial charge in [-0.05, 0) is 52.5 Å². The van der Waals surface area contributed by atoms with Crippen LogP contribution in [0.25, 0.3) is 22.5 Å². The SMILES string of the molecule is Cc1ccc2c(c1)[C@@H](C)Oc1cc(cnc1N)-c1c(c(C)nn1CC1CC1)Cc1sc(C)nc1-2. The number of hydrogen-bond donors (Lipinski definition) is 1. The number of rotatable bonds is 2. The Hall–Kier alpha value is -3.19. The van der Waals surface area contributed by atoms with E-state index in [4.69, 9.17) is 20.6 Å². The highest BCUT2D eigenvalue weighted by molar-refractivity contribution is 7.12. The maximum atomic E-state index is 6.48. The summed E-state index contributed by atoms with van der Waals surface area (Å²) in [5, 5.41) is 6.06. The van der Waals surface area contributed by atoms with Gasteiger partial charge in [-0.25, -0.2) is 9.97 Å². The Morgan fingerprint density at radius 2 is 2.00 bits per heavy atom. The van der Waals surface area contributed by atoms with E-state index in [0.29, 0.717) is 17.5 Å². The van der Waals surface area contributed by atoms with Gasteiger partial charge < -0.3 is 10.5 Å². The van der Waals surface area contributed by atoms with Crippen LogP contribution in [0.15, 0.2) is 30.5 Å². The first-order chi connectivity index (χ1) is 16.4. The molecule has 6 nitrogen and oxygen atoms in total. The Labute approximate surface area is 203 Å². The first-order valence-corrected chi connectivity index (χ1v) is 12.7. The lowest BCUT2D eigenvalue weighted by Crippen LogP contribution is -2.10. The lowest BCUT2D eigenvalue weighted by molar-refractivity contribution is 0.228. The lowest BCUT2D eigenvalue weighted by atomic mass is 9.95. The van der Waals surface area contributed by atoms with Gasteiger partial charge in [0.05, 0.1) is 22.1 Å². The molecule has 0 radical (unpaired) electrons. The van der Waals surface area contributed by atoms with Gasteiger partial charge in [-0.15, -0.1) is 11.3 Å². The van der Waals surface area contributed by atoms with Crippen LogP contribution in [-0.4, -0.2) is 19.7 Å². The molecule has 1 aliphatic heterocycles. The Kier molecular flexibility index (Phi) is 4.99. The second-order valence-corrected chi connectivity index (χ2v) is 11.0. The van der Waals surface area contributed by atoms with Crippen LogP contribution < -0.4 is 10.5 Å². The van der Waals surface area contributed by atoms with Crippen molar-refractivity contribution in [1.82, 2.24) is 19.7 Å². The van der Waals surface area contributed by atoms with E-state index in [1.807, 2.05) is 12.3 Å². The van der Waals surface area contributed by atoms with Crippen molar-refractivity contribution in [1.29, 1.82) is 0 Å². The number of aromatic nitrogens is 4. The van der Waals surface area contributed by atoms with Crippen LogP contribution in [0.2, 0.25) is 0 Å². The maximum Gasteiger partial charge on any atom is 0.166 e. The quantitative estimate of drug-likeness (QED) is 0.386. The van der Waals surface area contributed by atoms with Gasteiger partial charge >= 0.3 is 0 Å². The van der Waals surface area contributed by atoms with E-state index in [1.54, 1.807) is 11.3 Å². The largest absolute Gasteiger partial charge is 0.482 e. The summed E-state index contributed by atoms with van der Waals surface area (Å²) in [6.45, 7) is 9.31. The number of thiazole rings is 1. The van der Waals surface area contributed by atoms with Gasteiger partial charge in [-0.3, -0.25) is 4.68 Å². The highest BCUT2D eigenvalue weighted by Gasteiger charge is 2.28. The molecule has 0 saturated heterocycles. The number of ether oxygens (including phenoxy) is 1. The summed E-state index contributed by atoms with van der Waals surface area (Å²) >= 11 is 1.77. The minimum Gasteiger partial charge on any atom is -0.482 e. The predicted octanol–water partition coefficient (Wildman–Crippen LogP) is 6.03. The number of benzene rings is 1. The standard InChI is InChI=1S/C27H29N5OS/c1-14-5-8-20-22(9-14)16(3)33-23-10-19(12-29-27(23)28)26-21(11-24-25(20)30-17(4)34-24)15(2)31-32(26)13-18-6-7-18/h5,8-10,12,16,18H,6-7,11,13H2,1-4H3,(H2,28,29)/t16-/m1/s1. The van der Waals surface area contributed by atoms with Gasteiger partial charge in [0.25, 0.3) is 0 Å². The van der Waals surface area contributed by atoms with E-state index in [-0.39, 0.29) is 6.10 Å². The first kappa shape index (κ1) is 21.4. The Balaban J connectivity index is 1.62. The zero-order valence-corrected chi connectivity index (χ0v) is 20.9. The highest BCUT2D eigenvalue weighted by atomic mass is 32.1. The number of aryl methyl sites for hydroxylation is 3. The molecule has 1 atom stereocenters. The van der Waals surface area contributed by atoms with E-state index in [9.17, 15) is 0 Å². The molecule has 2 bridgehead atoms. The van der Waals surface area contributed by atoms with Crippen molar-refractivity contribution < 1.29 is 4.74 Å². The molecule has 3 aromatic heterocycles. The molecule has 2 aliphatic rings. The van der Waals surface area contributed by atoms with Crippen LogP contribution in [0.1, 0.15) is 58.1 Å². The average molecular weight is 472 g/mol. The average Bonchev–Trinajstić information content (AvgIpc) is 3.46. The summed E-state index contributed by atoms with van der Waals surface area (Å²) in [6.07, 6.45) is 4.98. The fourth-order valence-electron chi connectivity index (χ4n) is 4.96. The molecule has 0 amide bonds. The van der Waals surface area contributed by atoms with E-state index in [2.05, 4.69) is 55.6 Å². The zero-order valence-electron chi connectivity index (χ0n) is 20.1. The molecule has 4 aromatic rings. The van der Waals surface area contributed by atoms with Crippen molar-refractivity contribution in [3.63, 3.8) is 0 Å². The number of fused-ring (bicyclic) bond motifs is 7. The third-order valence-corrected chi connectivity index (χ3v) is 7.85. The minimum atomic E-state index is -0.207. The molecule has 1 aliphatic carbocycles. The molecule has 174 valence electrons. The van der Waals surface area contributed by atoms with Crippen molar-refractivity contribution in [3.8, 4) is 28.3 Å². The predicted molar refractivity (Wildman–Crippen MR) is 136 cm³/mol. The van der Waals surface area contributed by atoms with E-state index >= 15 is 0 Å². The van der Waals surface area contributed by atoms with E-state index in [0.717, 1.165) is 51.7 Å². The molecule has 1 fully saturated rings. The van der Waals surface area contributed by atoms with Crippen LogP contribution in [-0.2, 0) is 13.0 Å². The minimum absolute atomic E-state index is 0.207. The van der Waals surface area contributed by atoms with Gasteiger partial charge in [0.1, 0.15) is 6.10 Å². The van der Waals surface area contributed by atoms with Gasteiger partial charge in [-0.1, -0.05) is 23.8 Å². The third-order valence-electron chi connectivity index (χ3n) is 6.88. The van der Waals surface area contributed by atoms with Gasteiger partial charge in [0, 0.05) is 46.3 Å². The van der Waals surface area contributed by atoms with Crippen LogP contribution in [0, 0.1) is 26.7 Å². The molecule has 0 unspecified atom stereocenters. The second kappa shape index (κ2) is 7.94. The number of nitrogen functional groups attached to an aromatic ring is 1. The second-order valence-electron chi connectivity index (χ2n) is 9.68. The smallest absolute Gasteiger partial charge is 0.166 e. The normalized spacial score (nSPS) is 17.1. The molecule has 1 aromatic carbocycles. The monoisotopic (exact) mass is 471 g/mol. The first-order valence-electron chi connectivity index (χ1n) is 11.9. The number of nitrogens with zero attached hydrogens (tertiary/aromatic N) is 4. The third kappa shape index (κ3) is 3.68. The van der Waals surface area contributed by atoms with Gasteiger partial charge in [0.2, 0.25) is 0 Å². The maximum absolute atomic E-state index is 6.48. The van der Waals surface area contributed by atoms with Gasteiger partial charge in [0.15, 0.2) is 11.6 Å². The van der Waals surface area contributed by atoms with Gasteiger partial charge in [-0.2, -0.15) is 5.10 Å².